The molecule has 0 atom stereocenters. The zero-order valence-corrected chi connectivity index (χ0v) is 11.6. The summed E-state index contributed by atoms with van der Waals surface area (Å²) in [4.78, 5) is 1.20. The summed E-state index contributed by atoms with van der Waals surface area (Å²) in [6.07, 6.45) is 0.683. The van der Waals surface area contributed by atoms with Crippen molar-refractivity contribution in [2.45, 2.75) is 16.2 Å². The van der Waals surface area contributed by atoms with Crippen LogP contribution in [0.5, 0.6) is 0 Å². The molecular formula is C14H12ClF2NS. The minimum Gasteiger partial charge on any atom is -0.330 e. The van der Waals surface area contributed by atoms with Crippen LogP contribution in [0.1, 0.15) is 5.56 Å². The van der Waals surface area contributed by atoms with E-state index in [2.05, 4.69) is 0 Å². The van der Waals surface area contributed by atoms with E-state index in [9.17, 15) is 8.78 Å². The molecule has 2 rings (SSSR count). The molecule has 0 unspecified atom stereocenters. The van der Waals surface area contributed by atoms with E-state index in [4.69, 9.17) is 17.3 Å². The van der Waals surface area contributed by atoms with E-state index < -0.39 is 11.6 Å². The monoisotopic (exact) mass is 299 g/mol. The molecule has 0 heterocycles. The maximum atomic E-state index is 13.6. The van der Waals surface area contributed by atoms with Crippen LogP contribution in [0.3, 0.4) is 0 Å². The first-order chi connectivity index (χ1) is 9.10. The van der Waals surface area contributed by atoms with E-state index >= 15 is 0 Å². The van der Waals surface area contributed by atoms with Crippen molar-refractivity contribution >= 4 is 23.4 Å². The maximum Gasteiger partial charge on any atom is 0.140 e. The Kier molecular flexibility index (Phi) is 4.80. The second-order valence-electron chi connectivity index (χ2n) is 3.97. The second kappa shape index (κ2) is 6.37. The molecule has 0 saturated carbocycles. The Balaban J connectivity index is 2.33. The number of halogens is 3. The number of hydrogen-bond acceptors (Lipinski definition) is 2. The molecule has 2 aromatic rings. The van der Waals surface area contributed by atoms with Gasteiger partial charge in [0.25, 0.3) is 0 Å². The van der Waals surface area contributed by atoms with Gasteiger partial charge in [-0.3, -0.25) is 0 Å². The zero-order chi connectivity index (χ0) is 13.8. The molecular weight excluding hydrogens is 288 g/mol. The van der Waals surface area contributed by atoms with Crippen LogP contribution in [0.15, 0.2) is 46.2 Å². The fourth-order valence-corrected chi connectivity index (χ4v) is 2.92. The van der Waals surface area contributed by atoms with Gasteiger partial charge in [-0.1, -0.05) is 29.4 Å². The van der Waals surface area contributed by atoms with Gasteiger partial charge < -0.3 is 5.73 Å². The fourth-order valence-electron chi connectivity index (χ4n) is 1.66. The average molecular weight is 300 g/mol. The lowest BCUT2D eigenvalue weighted by Crippen LogP contribution is -2.03. The molecule has 0 aliphatic heterocycles. The lowest BCUT2D eigenvalue weighted by atomic mass is 10.1. The van der Waals surface area contributed by atoms with Gasteiger partial charge >= 0.3 is 0 Å². The van der Waals surface area contributed by atoms with Gasteiger partial charge in [0.15, 0.2) is 0 Å². The molecule has 1 nitrogen and oxygen atoms in total. The number of rotatable bonds is 4. The maximum absolute atomic E-state index is 13.6. The van der Waals surface area contributed by atoms with Crippen LogP contribution < -0.4 is 5.73 Å². The summed E-state index contributed by atoms with van der Waals surface area (Å²) in [7, 11) is 0. The summed E-state index contributed by atoms with van der Waals surface area (Å²) >= 11 is 7.17. The highest BCUT2D eigenvalue weighted by Gasteiger charge is 2.09. The molecule has 0 spiro atoms. The van der Waals surface area contributed by atoms with Gasteiger partial charge in [0.1, 0.15) is 11.6 Å². The van der Waals surface area contributed by atoms with E-state index in [-0.39, 0.29) is 0 Å². The van der Waals surface area contributed by atoms with Gasteiger partial charge in [0.2, 0.25) is 0 Å². The first-order valence-electron chi connectivity index (χ1n) is 5.71. The Morgan fingerprint density at radius 1 is 1.05 bits per heavy atom. The number of benzene rings is 2. The highest BCUT2D eigenvalue weighted by molar-refractivity contribution is 7.99. The third-order valence-electron chi connectivity index (χ3n) is 2.56. The Hall–Kier alpha value is -1.10. The SMILES string of the molecule is NCCc1ccc(Cl)cc1Sc1ccc(F)cc1F. The lowest BCUT2D eigenvalue weighted by Gasteiger charge is -2.09. The number of nitrogens with two attached hydrogens (primary N) is 1. The van der Waals surface area contributed by atoms with Crippen molar-refractivity contribution in [3.05, 3.63) is 58.6 Å². The molecule has 19 heavy (non-hydrogen) atoms. The van der Waals surface area contributed by atoms with E-state index in [1.54, 1.807) is 12.1 Å². The van der Waals surface area contributed by atoms with E-state index in [0.29, 0.717) is 22.9 Å². The molecule has 2 N–H and O–H groups in total. The molecule has 0 fully saturated rings. The van der Waals surface area contributed by atoms with Crippen molar-refractivity contribution in [2.24, 2.45) is 5.73 Å². The van der Waals surface area contributed by atoms with Crippen LogP contribution in [0.2, 0.25) is 5.02 Å². The molecule has 5 heteroatoms. The van der Waals surface area contributed by atoms with E-state index in [0.717, 1.165) is 16.5 Å². The Labute approximate surface area is 119 Å². The summed E-state index contributed by atoms with van der Waals surface area (Å²) in [6.45, 7) is 0.501. The Bertz CT molecular complexity index is 590. The molecule has 100 valence electrons. The average Bonchev–Trinajstić information content (AvgIpc) is 2.36. The van der Waals surface area contributed by atoms with Crippen LogP contribution in [-0.4, -0.2) is 6.54 Å². The van der Waals surface area contributed by atoms with Gasteiger partial charge in [-0.05, 0) is 42.8 Å². The van der Waals surface area contributed by atoms with Gasteiger partial charge in [-0.15, -0.1) is 0 Å². The van der Waals surface area contributed by atoms with Crippen LogP contribution in [-0.2, 0) is 6.42 Å². The molecule has 2 aromatic carbocycles. The normalized spacial score (nSPS) is 10.7. The molecule has 0 saturated heterocycles. The van der Waals surface area contributed by atoms with Crippen molar-refractivity contribution in [1.82, 2.24) is 0 Å². The largest absolute Gasteiger partial charge is 0.330 e. The standard InChI is InChI=1S/C14H12ClF2NS/c15-10-2-1-9(5-6-18)14(7-10)19-13-4-3-11(16)8-12(13)17/h1-4,7-8H,5-6,18H2. The van der Waals surface area contributed by atoms with Crippen LogP contribution in [0.25, 0.3) is 0 Å². The molecule has 0 aromatic heterocycles. The third kappa shape index (κ3) is 3.69. The minimum absolute atomic E-state index is 0.363. The molecule has 0 amide bonds. The highest BCUT2D eigenvalue weighted by Crippen LogP contribution is 2.34. The molecule has 0 radical (unpaired) electrons. The van der Waals surface area contributed by atoms with Crippen molar-refractivity contribution in [2.75, 3.05) is 6.54 Å². The van der Waals surface area contributed by atoms with Gasteiger partial charge in [-0.2, -0.15) is 0 Å². The first kappa shape index (κ1) is 14.3. The van der Waals surface area contributed by atoms with Gasteiger partial charge in [0, 0.05) is 20.9 Å². The summed E-state index contributed by atoms with van der Waals surface area (Å²) < 4.78 is 26.5. The Morgan fingerprint density at radius 2 is 1.84 bits per heavy atom. The molecule has 0 bridgehead atoms. The predicted octanol–water partition coefficient (Wildman–Crippen LogP) is 4.27. The van der Waals surface area contributed by atoms with Gasteiger partial charge in [-0.25, -0.2) is 8.78 Å². The smallest absolute Gasteiger partial charge is 0.140 e. The third-order valence-corrected chi connectivity index (χ3v) is 3.94. The van der Waals surface area contributed by atoms with E-state index in [1.807, 2.05) is 6.07 Å². The summed E-state index contributed by atoms with van der Waals surface area (Å²) in [6, 6.07) is 8.94. The number of hydrogen-bond donors (Lipinski definition) is 1. The van der Waals surface area contributed by atoms with Crippen LogP contribution in [0.4, 0.5) is 8.78 Å². The summed E-state index contributed by atoms with van der Waals surface area (Å²) in [5.41, 5.74) is 6.55. The second-order valence-corrected chi connectivity index (χ2v) is 5.49. The van der Waals surface area contributed by atoms with Crippen LogP contribution in [0, 0.1) is 11.6 Å². The minimum atomic E-state index is -0.588. The van der Waals surface area contributed by atoms with Crippen molar-refractivity contribution in [3.63, 3.8) is 0 Å². The summed E-state index contributed by atoms with van der Waals surface area (Å²) in [5, 5.41) is 0.575. The highest BCUT2D eigenvalue weighted by atomic mass is 35.5. The summed E-state index contributed by atoms with van der Waals surface area (Å²) in [5.74, 6) is -1.17. The first-order valence-corrected chi connectivity index (χ1v) is 6.91. The van der Waals surface area contributed by atoms with Crippen molar-refractivity contribution < 1.29 is 8.78 Å². The zero-order valence-electron chi connectivity index (χ0n) is 10.00. The van der Waals surface area contributed by atoms with Crippen molar-refractivity contribution in [3.8, 4) is 0 Å². The van der Waals surface area contributed by atoms with E-state index in [1.165, 1.54) is 23.9 Å². The van der Waals surface area contributed by atoms with Gasteiger partial charge in [0.05, 0.1) is 0 Å². The van der Waals surface area contributed by atoms with Crippen molar-refractivity contribution in [1.29, 1.82) is 0 Å². The van der Waals surface area contributed by atoms with Crippen LogP contribution >= 0.6 is 23.4 Å². The lowest BCUT2D eigenvalue weighted by molar-refractivity contribution is 0.565. The Morgan fingerprint density at radius 3 is 2.53 bits per heavy atom. The topological polar surface area (TPSA) is 26.0 Å². The fraction of sp³-hybridized carbons (Fsp3) is 0.143. The quantitative estimate of drug-likeness (QED) is 0.912. The molecule has 0 aliphatic rings. The predicted molar refractivity (Wildman–Crippen MR) is 74.7 cm³/mol. The molecule has 0 aliphatic carbocycles.